The van der Waals surface area contributed by atoms with Crippen LogP contribution in [-0.4, -0.2) is 50.2 Å². The van der Waals surface area contributed by atoms with E-state index >= 15 is 0 Å². The summed E-state index contributed by atoms with van der Waals surface area (Å²) in [6, 6.07) is 4.28. The lowest BCUT2D eigenvalue weighted by Crippen LogP contribution is -2.55. The largest absolute Gasteiger partial charge is 0.379 e. The molecule has 0 bridgehead atoms. The van der Waals surface area contributed by atoms with Gasteiger partial charge in [0.2, 0.25) is 5.91 Å². The van der Waals surface area contributed by atoms with Crippen molar-refractivity contribution in [3.05, 3.63) is 22.4 Å². The van der Waals surface area contributed by atoms with Crippen LogP contribution in [0.5, 0.6) is 0 Å². The maximum absolute atomic E-state index is 12.1. The SMILES string of the molecule is CN(C)C(CNC(=O)C1(N)CCOC1)c1cccs1. The first-order valence-electron chi connectivity index (χ1n) is 6.38. The molecule has 3 N–H and O–H groups in total. The monoisotopic (exact) mass is 283 g/mol. The molecule has 0 aromatic carbocycles. The predicted octanol–water partition coefficient (Wildman–Crippen LogP) is 0.585. The topological polar surface area (TPSA) is 67.6 Å². The summed E-state index contributed by atoms with van der Waals surface area (Å²) in [5.74, 6) is -0.117. The minimum Gasteiger partial charge on any atom is -0.379 e. The molecule has 2 atom stereocenters. The Balaban J connectivity index is 1.94. The molecule has 0 saturated carbocycles. The van der Waals surface area contributed by atoms with Crippen LogP contribution < -0.4 is 11.1 Å². The molecule has 1 aromatic heterocycles. The van der Waals surface area contributed by atoms with Gasteiger partial charge in [-0.05, 0) is 32.0 Å². The smallest absolute Gasteiger partial charge is 0.242 e. The number of nitrogens with zero attached hydrogens (tertiary/aromatic N) is 1. The summed E-state index contributed by atoms with van der Waals surface area (Å²) in [6.45, 7) is 1.43. The van der Waals surface area contributed by atoms with Crippen molar-refractivity contribution in [2.45, 2.75) is 18.0 Å². The van der Waals surface area contributed by atoms with Crippen molar-refractivity contribution in [1.82, 2.24) is 10.2 Å². The standard InChI is InChI=1S/C13H21N3O2S/c1-16(2)10(11-4-3-7-19-11)8-15-12(17)13(14)5-6-18-9-13/h3-4,7,10H,5-6,8-9,14H2,1-2H3,(H,15,17). The minimum absolute atomic E-state index is 0.117. The van der Waals surface area contributed by atoms with Gasteiger partial charge in [0.1, 0.15) is 5.54 Å². The van der Waals surface area contributed by atoms with Gasteiger partial charge in [-0.2, -0.15) is 0 Å². The Bertz CT molecular complexity index is 414. The first-order chi connectivity index (χ1) is 9.03. The van der Waals surface area contributed by atoms with Gasteiger partial charge in [-0.1, -0.05) is 6.07 Å². The van der Waals surface area contributed by atoms with Gasteiger partial charge in [0, 0.05) is 18.0 Å². The summed E-state index contributed by atoms with van der Waals surface area (Å²) in [5, 5.41) is 5.00. The highest BCUT2D eigenvalue weighted by Gasteiger charge is 2.38. The number of carbonyl (C=O) groups is 1. The van der Waals surface area contributed by atoms with Gasteiger partial charge in [-0.3, -0.25) is 4.79 Å². The number of amides is 1. The van der Waals surface area contributed by atoms with Crippen molar-refractivity contribution in [1.29, 1.82) is 0 Å². The summed E-state index contributed by atoms with van der Waals surface area (Å²) in [4.78, 5) is 15.5. The van der Waals surface area contributed by atoms with Gasteiger partial charge in [-0.15, -0.1) is 11.3 Å². The molecule has 5 nitrogen and oxygen atoms in total. The molecule has 0 radical (unpaired) electrons. The third kappa shape index (κ3) is 3.33. The van der Waals surface area contributed by atoms with Crippen LogP contribution in [0.3, 0.4) is 0 Å². The van der Waals surface area contributed by atoms with Gasteiger partial charge >= 0.3 is 0 Å². The molecule has 1 amide bonds. The molecule has 1 aliphatic rings. The zero-order valence-corrected chi connectivity index (χ0v) is 12.2. The lowest BCUT2D eigenvalue weighted by Gasteiger charge is -2.26. The molecule has 2 rings (SSSR count). The quantitative estimate of drug-likeness (QED) is 0.830. The van der Waals surface area contributed by atoms with Gasteiger partial charge < -0.3 is 20.7 Å². The van der Waals surface area contributed by atoms with Crippen LogP contribution in [0.15, 0.2) is 17.5 Å². The van der Waals surface area contributed by atoms with E-state index in [2.05, 4.69) is 16.3 Å². The average molecular weight is 283 g/mol. The molecule has 1 saturated heterocycles. The number of hydrogen-bond donors (Lipinski definition) is 2. The molecule has 1 fully saturated rings. The Hall–Kier alpha value is -0.950. The second-order valence-corrected chi connectivity index (χ2v) is 6.14. The van der Waals surface area contributed by atoms with E-state index in [4.69, 9.17) is 10.5 Å². The molecule has 0 aliphatic carbocycles. The fourth-order valence-electron chi connectivity index (χ4n) is 2.14. The van der Waals surface area contributed by atoms with Gasteiger partial charge in [0.15, 0.2) is 0 Å². The first-order valence-corrected chi connectivity index (χ1v) is 7.26. The maximum atomic E-state index is 12.1. The molecule has 106 valence electrons. The first kappa shape index (κ1) is 14.5. The molecule has 1 aliphatic heterocycles. The van der Waals surface area contributed by atoms with E-state index in [1.165, 1.54) is 4.88 Å². The summed E-state index contributed by atoms with van der Waals surface area (Å²) in [7, 11) is 4.01. The van der Waals surface area contributed by atoms with E-state index in [0.717, 1.165) is 0 Å². The number of ether oxygens (including phenoxy) is 1. The Labute approximate surface area is 117 Å². The zero-order chi connectivity index (χ0) is 13.9. The lowest BCUT2D eigenvalue weighted by atomic mass is 9.99. The highest BCUT2D eigenvalue weighted by Crippen LogP contribution is 2.23. The van der Waals surface area contributed by atoms with Crippen molar-refractivity contribution in [3.8, 4) is 0 Å². The fourth-order valence-corrected chi connectivity index (χ4v) is 3.07. The lowest BCUT2D eigenvalue weighted by molar-refractivity contribution is -0.126. The van der Waals surface area contributed by atoms with Crippen molar-refractivity contribution < 1.29 is 9.53 Å². The van der Waals surface area contributed by atoms with Crippen LogP contribution in [0.1, 0.15) is 17.3 Å². The van der Waals surface area contributed by atoms with E-state index in [1.54, 1.807) is 11.3 Å². The second-order valence-electron chi connectivity index (χ2n) is 5.16. The van der Waals surface area contributed by atoms with E-state index in [-0.39, 0.29) is 11.9 Å². The van der Waals surface area contributed by atoms with Gasteiger partial charge in [-0.25, -0.2) is 0 Å². The molecular weight excluding hydrogens is 262 g/mol. The van der Waals surface area contributed by atoms with Gasteiger partial charge in [0.25, 0.3) is 0 Å². The fraction of sp³-hybridized carbons (Fsp3) is 0.615. The van der Waals surface area contributed by atoms with Crippen LogP contribution >= 0.6 is 11.3 Å². The average Bonchev–Trinajstić information content (AvgIpc) is 3.01. The molecule has 2 heterocycles. The summed E-state index contributed by atoms with van der Waals surface area (Å²) >= 11 is 1.69. The number of thiophene rings is 1. The highest BCUT2D eigenvalue weighted by atomic mass is 32.1. The van der Waals surface area contributed by atoms with Crippen LogP contribution in [-0.2, 0) is 9.53 Å². The Kier molecular flexibility index (Phi) is 4.57. The minimum atomic E-state index is -0.855. The number of nitrogens with two attached hydrogens (primary N) is 1. The number of likely N-dealkylation sites (N-methyl/N-ethyl adjacent to an activating group) is 1. The van der Waals surface area contributed by atoms with E-state index in [1.807, 2.05) is 25.5 Å². The molecule has 1 aromatic rings. The third-order valence-electron chi connectivity index (χ3n) is 3.46. The molecule has 0 spiro atoms. The van der Waals surface area contributed by atoms with Crippen LogP contribution in [0, 0.1) is 0 Å². The Morgan fingerprint density at radius 2 is 2.47 bits per heavy atom. The van der Waals surface area contributed by atoms with Crippen LogP contribution in [0.4, 0.5) is 0 Å². The Morgan fingerprint density at radius 1 is 1.68 bits per heavy atom. The second kappa shape index (κ2) is 6.00. The van der Waals surface area contributed by atoms with E-state index in [9.17, 15) is 4.79 Å². The molecule has 2 unspecified atom stereocenters. The van der Waals surface area contributed by atoms with Crippen LogP contribution in [0.25, 0.3) is 0 Å². The molecule has 6 heteroatoms. The number of carbonyl (C=O) groups excluding carboxylic acids is 1. The number of rotatable bonds is 5. The Morgan fingerprint density at radius 3 is 3.00 bits per heavy atom. The molecule has 19 heavy (non-hydrogen) atoms. The maximum Gasteiger partial charge on any atom is 0.242 e. The van der Waals surface area contributed by atoms with Crippen molar-refractivity contribution in [3.63, 3.8) is 0 Å². The normalized spacial score (nSPS) is 24.6. The van der Waals surface area contributed by atoms with Crippen LogP contribution in [0.2, 0.25) is 0 Å². The molecular formula is C13H21N3O2S. The summed E-state index contributed by atoms with van der Waals surface area (Å²) in [5.41, 5.74) is 5.18. The summed E-state index contributed by atoms with van der Waals surface area (Å²) < 4.78 is 5.21. The van der Waals surface area contributed by atoms with E-state index in [0.29, 0.717) is 26.2 Å². The van der Waals surface area contributed by atoms with Crippen molar-refractivity contribution in [2.24, 2.45) is 5.73 Å². The number of hydrogen-bond acceptors (Lipinski definition) is 5. The predicted molar refractivity (Wildman–Crippen MR) is 76.1 cm³/mol. The highest BCUT2D eigenvalue weighted by molar-refractivity contribution is 7.10. The van der Waals surface area contributed by atoms with Crippen molar-refractivity contribution >= 4 is 17.2 Å². The van der Waals surface area contributed by atoms with Crippen molar-refractivity contribution in [2.75, 3.05) is 33.9 Å². The van der Waals surface area contributed by atoms with E-state index < -0.39 is 5.54 Å². The number of nitrogens with one attached hydrogen (secondary N) is 1. The third-order valence-corrected chi connectivity index (χ3v) is 4.43. The van der Waals surface area contributed by atoms with Gasteiger partial charge in [0.05, 0.1) is 12.6 Å². The zero-order valence-electron chi connectivity index (χ0n) is 11.4. The summed E-state index contributed by atoms with van der Waals surface area (Å²) in [6.07, 6.45) is 0.588.